The third-order valence-corrected chi connectivity index (χ3v) is 4.70. The molecule has 3 heterocycles. The van der Waals surface area contributed by atoms with E-state index in [2.05, 4.69) is 10.3 Å². The Bertz CT molecular complexity index is 691. The van der Waals surface area contributed by atoms with Gasteiger partial charge in [-0.3, -0.25) is 29.1 Å². The number of hydroxylamine groups is 2. The maximum Gasteiger partial charge on any atom is 0.261 e. The van der Waals surface area contributed by atoms with Crippen molar-refractivity contribution in [3.8, 4) is 0 Å². The van der Waals surface area contributed by atoms with Gasteiger partial charge in [0, 0.05) is 25.5 Å². The van der Waals surface area contributed by atoms with Crippen LogP contribution in [0.4, 0.5) is 0 Å². The lowest BCUT2D eigenvalue weighted by atomic mass is 9.91. The lowest BCUT2D eigenvalue weighted by molar-refractivity contribution is -0.181. The maximum absolute atomic E-state index is 12.5. The average Bonchev–Trinajstić information content (AvgIpc) is 3.27. The second-order valence-electron chi connectivity index (χ2n) is 6.43. The van der Waals surface area contributed by atoms with E-state index in [9.17, 15) is 14.4 Å². The quantitative estimate of drug-likeness (QED) is 0.758. The smallest absolute Gasteiger partial charge is 0.261 e. The molecule has 24 heavy (non-hydrogen) atoms. The number of hydrogen-bond donors (Lipinski definition) is 1. The summed E-state index contributed by atoms with van der Waals surface area (Å²) in [5, 5.41) is 4.36. The predicted molar refractivity (Wildman–Crippen MR) is 81.0 cm³/mol. The van der Waals surface area contributed by atoms with Gasteiger partial charge < -0.3 is 5.32 Å². The number of imide groups is 1. The van der Waals surface area contributed by atoms with Gasteiger partial charge in [-0.15, -0.1) is 0 Å². The molecule has 4 rings (SSSR count). The topological polar surface area (TPSA) is 91.8 Å². The minimum Gasteiger partial charge on any atom is -0.352 e. The fourth-order valence-corrected chi connectivity index (χ4v) is 3.32. The van der Waals surface area contributed by atoms with E-state index < -0.39 is 18.1 Å². The van der Waals surface area contributed by atoms with Crippen LogP contribution in [0.3, 0.4) is 0 Å². The minimum atomic E-state index is -0.866. The molecule has 3 amide bonds. The van der Waals surface area contributed by atoms with Crippen LogP contribution in [0.1, 0.15) is 24.4 Å². The first-order valence-corrected chi connectivity index (χ1v) is 8.00. The van der Waals surface area contributed by atoms with Crippen LogP contribution in [-0.2, 0) is 19.2 Å². The number of rotatable bonds is 4. The highest BCUT2D eigenvalue weighted by atomic mass is 16.7. The zero-order valence-electron chi connectivity index (χ0n) is 13.2. The van der Waals surface area contributed by atoms with Gasteiger partial charge in [0.25, 0.3) is 5.91 Å². The molecular formula is C16H18N4O4. The van der Waals surface area contributed by atoms with E-state index in [0.29, 0.717) is 0 Å². The Labute approximate surface area is 138 Å². The van der Waals surface area contributed by atoms with Gasteiger partial charge >= 0.3 is 0 Å². The lowest BCUT2D eigenvalue weighted by Gasteiger charge is -2.25. The predicted octanol–water partition coefficient (Wildman–Crippen LogP) is -0.368. The number of carbonyl (C=O) groups excluding carboxylic acids is 3. The van der Waals surface area contributed by atoms with Crippen LogP contribution in [0.25, 0.3) is 0 Å². The Morgan fingerprint density at radius 3 is 2.67 bits per heavy atom. The largest absolute Gasteiger partial charge is 0.352 e. The van der Waals surface area contributed by atoms with Crippen molar-refractivity contribution in [2.45, 2.75) is 31.0 Å². The van der Waals surface area contributed by atoms with Crippen LogP contribution < -0.4 is 5.32 Å². The molecule has 0 radical (unpaired) electrons. The van der Waals surface area contributed by atoms with E-state index in [1.165, 1.54) is 12.1 Å². The van der Waals surface area contributed by atoms with Crippen molar-refractivity contribution < 1.29 is 19.2 Å². The summed E-state index contributed by atoms with van der Waals surface area (Å²) in [5.41, 5.74) is 0.799. The van der Waals surface area contributed by atoms with Crippen molar-refractivity contribution in [1.82, 2.24) is 20.3 Å². The summed E-state index contributed by atoms with van der Waals surface area (Å²) in [7, 11) is 1.46. The molecule has 8 heteroatoms. The highest BCUT2D eigenvalue weighted by Crippen LogP contribution is 2.43. The Morgan fingerprint density at radius 2 is 2.00 bits per heavy atom. The van der Waals surface area contributed by atoms with Crippen LogP contribution >= 0.6 is 0 Å². The summed E-state index contributed by atoms with van der Waals surface area (Å²) in [6, 6.07) is 3.31. The highest BCUT2D eigenvalue weighted by molar-refractivity contribution is 6.07. The summed E-state index contributed by atoms with van der Waals surface area (Å²) in [5.74, 6) is -1.45. The molecule has 126 valence electrons. The normalized spacial score (nSPS) is 29.9. The van der Waals surface area contributed by atoms with E-state index in [1.54, 1.807) is 24.5 Å². The van der Waals surface area contributed by atoms with E-state index in [4.69, 9.17) is 4.84 Å². The van der Waals surface area contributed by atoms with Crippen LogP contribution in [0, 0.1) is 5.92 Å². The van der Waals surface area contributed by atoms with Gasteiger partial charge in [0.2, 0.25) is 11.8 Å². The third-order valence-electron chi connectivity index (χ3n) is 4.70. The second-order valence-corrected chi connectivity index (χ2v) is 6.43. The molecule has 2 aliphatic heterocycles. The highest BCUT2D eigenvalue weighted by Gasteiger charge is 2.58. The molecule has 8 nitrogen and oxygen atoms in total. The number of fused-ring (bicyclic) bond motifs is 1. The molecule has 0 bridgehead atoms. The van der Waals surface area contributed by atoms with Gasteiger partial charge in [-0.25, -0.2) is 0 Å². The number of aromatic nitrogens is 1. The molecule has 3 aliphatic rings. The van der Waals surface area contributed by atoms with Gasteiger partial charge in [0.1, 0.15) is 6.54 Å². The standard InChI is InChI=1S/C16H18N4O4/c1-19-15(22)12-13(9-4-6-17-7-5-9)20(24-14(12)16(19)23)8-11(21)18-10-2-3-10/h4-7,10,12-14H,2-3,8H2,1H3,(H,18,21). The van der Waals surface area contributed by atoms with Gasteiger partial charge in [-0.05, 0) is 30.5 Å². The second kappa shape index (κ2) is 5.64. The zero-order chi connectivity index (χ0) is 16.8. The fraction of sp³-hybridized carbons (Fsp3) is 0.500. The Morgan fingerprint density at radius 1 is 1.29 bits per heavy atom. The van der Waals surface area contributed by atoms with E-state index in [1.807, 2.05) is 0 Å². The van der Waals surface area contributed by atoms with Gasteiger partial charge in [-0.2, -0.15) is 5.06 Å². The first kappa shape index (κ1) is 15.2. The van der Waals surface area contributed by atoms with Crippen molar-refractivity contribution in [2.75, 3.05) is 13.6 Å². The molecule has 0 aromatic carbocycles. The molecule has 1 N–H and O–H groups in total. The first-order valence-electron chi connectivity index (χ1n) is 8.00. The zero-order valence-corrected chi connectivity index (χ0v) is 13.2. The Balaban J connectivity index is 1.61. The Kier molecular flexibility index (Phi) is 3.58. The van der Waals surface area contributed by atoms with Gasteiger partial charge in [0.05, 0.1) is 12.0 Å². The SMILES string of the molecule is CN1C(=O)C2ON(CC(=O)NC3CC3)C(c3ccncc3)C2C1=O. The molecule has 2 saturated heterocycles. The fourth-order valence-electron chi connectivity index (χ4n) is 3.32. The van der Waals surface area contributed by atoms with Crippen molar-refractivity contribution in [1.29, 1.82) is 0 Å². The summed E-state index contributed by atoms with van der Waals surface area (Å²) in [6.07, 6.45) is 4.36. The van der Waals surface area contributed by atoms with Crippen molar-refractivity contribution in [3.05, 3.63) is 30.1 Å². The number of likely N-dealkylation sites (N-methyl/N-ethyl adjacent to an activating group) is 1. The van der Waals surface area contributed by atoms with Gasteiger partial charge in [-0.1, -0.05) is 0 Å². The first-order chi connectivity index (χ1) is 11.6. The molecule has 3 unspecified atom stereocenters. The molecule has 1 aromatic rings. The number of nitrogens with zero attached hydrogens (tertiary/aromatic N) is 3. The summed E-state index contributed by atoms with van der Waals surface area (Å²) >= 11 is 0. The number of pyridine rings is 1. The van der Waals surface area contributed by atoms with Crippen LogP contribution in [0.5, 0.6) is 0 Å². The lowest BCUT2D eigenvalue weighted by Crippen LogP contribution is -2.40. The molecular weight excluding hydrogens is 312 g/mol. The molecule has 3 fully saturated rings. The summed E-state index contributed by atoms with van der Waals surface area (Å²) < 4.78 is 0. The number of carbonyl (C=O) groups is 3. The van der Waals surface area contributed by atoms with Crippen LogP contribution in [0.2, 0.25) is 0 Å². The molecule has 1 aromatic heterocycles. The third kappa shape index (κ3) is 2.47. The number of hydrogen-bond acceptors (Lipinski definition) is 6. The number of amides is 3. The summed E-state index contributed by atoms with van der Waals surface area (Å²) in [6.45, 7) is -0.0131. The number of likely N-dealkylation sites (tertiary alicyclic amines) is 1. The summed E-state index contributed by atoms with van der Waals surface area (Å²) in [4.78, 5) is 47.7. The van der Waals surface area contributed by atoms with E-state index in [0.717, 1.165) is 23.3 Å². The average molecular weight is 330 g/mol. The van der Waals surface area contributed by atoms with Crippen molar-refractivity contribution in [2.24, 2.45) is 5.92 Å². The van der Waals surface area contributed by atoms with Gasteiger partial charge in [0.15, 0.2) is 6.10 Å². The van der Waals surface area contributed by atoms with Crippen LogP contribution in [0.15, 0.2) is 24.5 Å². The molecule has 0 spiro atoms. The number of nitrogens with one attached hydrogen (secondary N) is 1. The van der Waals surface area contributed by atoms with Crippen LogP contribution in [-0.4, -0.2) is 58.4 Å². The minimum absolute atomic E-state index is 0.0131. The van der Waals surface area contributed by atoms with Crippen molar-refractivity contribution >= 4 is 17.7 Å². The monoisotopic (exact) mass is 330 g/mol. The molecule has 3 atom stereocenters. The molecule has 1 aliphatic carbocycles. The van der Waals surface area contributed by atoms with E-state index >= 15 is 0 Å². The van der Waals surface area contributed by atoms with E-state index in [-0.39, 0.29) is 30.3 Å². The van der Waals surface area contributed by atoms with Crippen molar-refractivity contribution in [3.63, 3.8) is 0 Å². The maximum atomic E-state index is 12.5. The molecule has 1 saturated carbocycles. The Hall–Kier alpha value is -2.32.